The molecule has 0 unspecified atom stereocenters. The van der Waals surface area contributed by atoms with Crippen LogP contribution < -0.4 is 10.2 Å². The summed E-state index contributed by atoms with van der Waals surface area (Å²) >= 11 is 0. The van der Waals surface area contributed by atoms with Gasteiger partial charge in [0.25, 0.3) is 0 Å². The fraction of sp³-hybridized carbons (Fsp3) is 0.571. The van der Waals surface area contributed by atoms with Crippen LogP contribution in [0.15, 0.2) is 27.4 Å². The Hall–Kier alpha value is -2.33. The summed E-state index contributed by atoms with van der Waals surface area (Å²) in [6, 6.07) is 3.52. The number of phenolic OH excluding ortho intramolecular Hbond substituents is 1. The van der Waals surface area contributed by atoms with Gasteiger partial charge in [-0.3, -0.25) is 4.79 Å². The maximum absolute atomic E-state index is 12.5. The summed E-state index contributed by atoms with van der Waals surface area (Å²) in [5.41, 5.74) is -2.38. The first kappa shape index (κ1) is 24.8. The van der Waals surface area contributed by atoms with Crippen molar-refractivity contribution >= 4 is 11.0 Å². The van der Waals surface area contributed by atoms with Gasteiger partial charge in [-0.05, 0) is 6.92 Å². The fourth-order valence-corrected chi connectivity index (χ4v) is 3.85. The van der Waals surface area contributed by atoms with Crippen molar-refractivity contribution in [1.29, 1.82) is 0 Å². The molecule has 1 aromatic heterocycles. The molecule has 1 aromatic carbocycles. The van der Waals surface area contributed by atoms with Gasteiger partial charge in [-0.25, -0.2) is 0 Å². The maximum atomic E-state index is 12.5. The molecule has 2 saturated heterocycles. The van der Waals surface area contributed by atoms with Gasteiger partial charge in [-0.2, -0.15) is 0 Å². The first-order valence-electron chi connectivity index (χ1n) is 10.4. The molecule has 7 N–H and O–H groups in total. The lowest BCUT2D eigenvalue weighted by atomic mass is 9.99. The molecule has 34 heavy (non-hydrogen) atoms. The number of benzene rings is 1. The van der Waals surface area contributed by atoms with Gasteiger partial charge in [0.2, 0.25) is 6.29 Å². The highest BCUT2D eigenvalue weighted by Crippen LogP contribution is 2.33. The minimum atomic E-state index is -1.92. The van der Waals surface area contributed by atoms with Gasteiger partial charge in [-0.1, -0.05) is 0 Å². The average Bonchev–Trinajstić information content (AvgIpc) is 3.06. The molecule has 0 aliphatic carbocycles. The van der Waals surface area contributed by atoms with E-state index in [-0.39, 0.29) is 22.5 Å². The standard InChI is InChI=1S/C21H26O13/c1-8-2-10(24)14-11(32-8)3-9(23)4-12(14)33-19-17(27)16(26)15(25)13(34-19)5-30-20-18(28)21(29,6-22)7-31-20/h2-4,13,15-20,22-23,25-29H,5-7H2,1H3/t13-,15-,16+,17-,18+,19-,20-,21-/m1/s1. The van der Waals surface area contributed by atoms with Gasteiger partial charge in [0.05, 0.1) is 19.8 Å². The average molecular weight is 486 g/mol. The van der Waals surface area contributed by atoms with Crippen LogP contribution in [0.4, 0.5) is 0 Å². The number of hydrogen-bond donors (Lipinski definition) is 7. The van der Waals surface area contributed by atoms with Crippen LogP contribution in [0.5, 0.6) is 11.5 Å². The van der Waals surface area contributed by atoms with E-state index in [4.69, 9.17) is 23.4 Å². The van der Waals surface area contributed by atoms with Gasteiger partial charge in [0.1, 0.15) is 64.3 Å². The van der Waals surface area contributed by atoms with Crippen LogP contribution in [0.2, 0.25) is 0 Å². The topological polar surface area (TPSA) is 209 Å². The van der Waals surface area contributed by atoms with Crippen molar-refractivity contribution in [3.8, 4) is 11.5 Å². The van der Waals surface area contributed by atoms with E-state index in [9.17, 15) is 40.5 Å². The Kier molecular flexibility index (Phi) is 6.83. The molecule has 0 amide bonds. The second-order valence-electron chi connectivity index (χ2n) is 8.39. The van der Waals surface area contributed by atoms with Crippen molar-refractivity contribution in [2.75, 3.05) is 19.8 Å². The molecule has 2 aromatic rings. The Morgan fingerprint density at radius 1 is 1.09 bits per heavy atom. The van der Waals surface area contributed by atoms with Crippen LogP contribution in [0.3, 0.4) is 0 Å². The number of aliphatic hydroxyl groups excluding tert-OH is 5. The number of hydrogen-bond acceptors (Lipinski definition) is 13. The number of fused-ring (bicyclic) bond motifs is 1. The van der Waals surface area contributed by atoms with Crippen molar-refractivity contribution in [3.05, 3.63) is 34.2 Å². The molecule has 2 fully saturated rings. The van der Waals surface area contributed by atoms with E-state index in [2.05, 4.69) is 0 Å². The molecular weight excluding hydrogens is 460 g/mol. The monoisotopic (exact) mass is 486 g/mol. The summed E-state index contributed by atoms with van der Waals surface area (Å²) in [7, 11) is 0. The van der Waals surface area contributed by atoms with Crippen LogP contribution in [0.25, 0.3) is 11.0 Å². The quantitative estimate of drug-likeness (QED) is 0.225. The smallest absolute Gasteiger partial charge is 0.229 e. The van der Waals surface area contributed by atoms with Crippen LogP contribution in [-0.2, 0) is 14.2 Å². The van der Waals surface area contributed by atoms with E-state index < -0.39 is 74.0 Å². The van der Waals surface area contributed by atoms with Crippen LogP contribution in [0.1, 0.15) is 5.76 Å². The van der Waals surface area contributed by atoms with E-state index in [1.54, 1.807) is 6.92 Å². The van der Waals surface area contributed by atoms with Crippen molar-refractivity contribution in [2.45, 2.75) is 55.6 Å². The molecule has 13 heteroatoms. The summed E-state index contributed by atoms with van der Waals surface area (Å²) in [6.07, 6.45) is -11.0. The van der Waals surface area contributed by atoms with E-state index in [1.807, 2.05) is 0 Å². The summed E-state index contributed by atoms with van der Waals surface area (Å²) in [6.45, 7) is -0.101. The zero-order valence-electron chi connectivity index (χ0n) is 18.0. The second-order valence-corrected chi connectivity index (χ2v) is 8.39. The lowest BCUT2D eigenvalue weighted by Gasteiger charge is -2.40. The predicted octanol–water partition coefficient (Wildman–Crippen LogP) is -2.55. The molecule has 0 saturated carbocycles. The highest BCUT2D eigenvalue weighted by Gasteiger charge is 2.50. The SMILES string of the molecule is Cc1cc(=O)c2c(O[C@@H]3O[C@H](CO[C@@H]4OC[C@](O)(CO)[C@H]4O)[C@@H](O)[C@H](O)[C@H]3O)cc(O)cc2o1. The van der Waals surface area contributed by atoms with E-state index >= 15 is 0 Å². The highest BCUT2D eigenvalue weighted by atomic mass is 16.7. The normalized spacial score (nSPS) is 36.1. The molecule has 188 valence electrons. The number of aromatic hydroxyl groups is 1. The molecule has 0 radical (unpaired) electrons. The largest absolute Gasteiger partial charge is 0.508 e. The summed E-state index contributed by atoms with van der Waals surface area (Å²) in [5.74, 6) is -0.201. The predicted molar refractivity (Wildman–Crippen MR) is 110 cm³/mol. The first-order valence-corrected chi connectivity index (χ1v) is 10.4. The molecule has 3 heterocycles. The molecule has 0 spiro atoms. The van der Waals surface area contributed by atoms with Crippen molar-refractivity contribution < 1.29 is 59.1 Å². The summed E-state index contributed by atoms with van der Waals surface area (Å²) in [5, 5.41) is 70.2. The van der Waals surface area contributed by atoms with Gasteiger partial charge >= 0.3 is 0 Å². The molecule has 4 rings (SSSR count). The van der Waals surface area contributed by atoms with Gasteiger partial charge in [0, 0.05) is 18.2 Å². The molecule has 8 atom stereocenters. The number of rotatable bonds is 6. The van der Waals surface area contributed by atoms with Crippen LogP contribution >= 0.6 is 0 Å². The Bertz CT molecular complexity index is 1080. The van der Waals surface area contributed by atoms with Crippen LogP contribution in [-0.4, -0.2) is 104 Å². The lowest BCUT2D eigenvalue weighted by molar-refractivity contribution is -0.289. The van der Waals surface area contributed by atoms with Gasteiger partial charge in [-0.15, -0.1) is 0 Å². The van der Waals surface area contributed by atoms with Crippen molar-refractivity contribution in [1.82, 2.24) is 0 Å². The Labute approximate surface area is 191 Å². The molecule has 2 aliphatic heterocycles. The molecule has 13 nitrogen and oxygen atoms in total. The van der Waals surface area contributed by atoms with Gasteiger partial charge in [0.15, 0.2) is 11.7 Å². The zero-order valence-corrected chi connectivity index (χ0v) is 18.0. The van der Waals surface area contributed by atoms with Crippen LogP contribution in [0, 0.1) is 6.92 Å². The lowest BCUT2D eigenvalue weighted by Crippen LogP contribution is -2.60. The van der Waals surface area contributed by atoms with E-state index in [1.165, 1.54) is 12.1 Å². The van der Waals surface area contributed by atoms with Crippen molar-refractivity contribution in [3.63, 3.8) is 0 Å². The Morgan fingerprint density at radius 2 is 1.82 bits per heavy atom. The Balaban J connectivity index is 1.53. The third-order valence-corrected chi connectivity index (χ3v) is 5.82. The zero-order chi connectivity index (χ0) is 24.8. The minimum Gasteiger partial charge on any atom is -0.508 e. The highest BCUT2D eigenvalue weighted by molar-refractivity contribution is 5.85. The third-order valence-electron chi connectivity index (χ3n) is 5.82. The fourth-order valence-electron chi connectivity index (χ4n) is 3.85. The molecule has 0 bridgehead atoms. The van der Waals surface area contributed by atoms with E-state index in [0.29, 0.717) is 5.76 Å². The molecular formula is C21H26O13. The number of aryl methyl sites for hydroxylation is 1. The molecule has 2 aliphatic rings. The maximum Gasteiger partial charge on any atom is 0.229 e. The van der Waals surface area contributed by atoms with Crippen molar-refractivity contribution in [2.24, 2.45) is 0 Å². The number of phenols is 1. The second kappa shape index (κ2) is 9.37. The third kappa shape index (κ3) is 4.49. The number of ether oxygens (including phenoxy) is 4. The Morgan fingerprint density at radius 3 is 2.50 bits per heavy atom. The van der Waals surface area contributed by atoms with Gasteiger partial charge < -0.3 is 59.1 Å². The first-order chi connectivity index (χ1) is 16.0. The summed E-state index contributed by atoms with van der Waals surface area (Å²) in [4.78, 5) is 12.5. The van der Waals surface area contributed by atoms with E-state index in [0.717, 1.165) is 6.07 Å². The number of aliphatic hydroxyl groups is 6. The minimum absolute atomic E-state index is 0.0227. The summed E-state index contributed by atoms with van der Waals surface area (Å²) < 4.78 is 27.0.